The van der Waals surface area contributed by atoms with Gasteiger partial charge in [-0.05, 0) is 23.3 Å². The Morgan fingerprint density at radius 1 is 0.750 bits per heavy atom. The topological polar surface area (TPSA) is 57.5 Å². The predicted molar refractivity (Wildman–Crippen MR) is 65.1 cm³/mol. The standard InChI is InChI=1S/C13H14O3/c1-9(5-6-11(3)13(15)16)10(2)7-8-12(4)14/h5-8,14H,1-4H2,(H,15,16)/b6-5-,8-7-. The van der Waals surface area contributed by atoms with Crippen molar-refractivity contribution >= 4 is 5.97 Å². The van der Waals surface area contributed by atoms with Crippen molar-refractivity contribution in [2.75, 3.05) is 0 Å². The zero-order chi connectivity index (χ0) is 12.7. The number of carboxylic acids is 1. The second-order valence-electron chi connectivity index (χ2n) is 3.04. The Hall–Kier alpha value is -2.29. The van der Waals surface area contributed by atoms with Crippen molar-refractivity contribution in [2.45, 2.75) is 0 Å². The first-order valence-corrected chi connectivity index (χ1v) is 4.39. The average molecular weight is 218 g/mol. The van der Waals surface area contributed by atoms with Gasteiger partial charge in [0, 0.05) is 0 Å². The first-order chi connectivity index (χ1) is 7.34. The van der Waals surface area contributed by atoms with Crippen molar-refractivity contribution in [2.24, 2.45) is 0 Å². The van der Waals surface area contributed by atoms with E-state index in [4.69, 9.17) is 10.2 Å². The molecule has 0 aliphatic carbocycles. The van der Waals surface area contributed by atoms with E-state index in [0.717, 1.165) is 0 Å². The first-order valence-electron chi connectivity index (χ1n) is 4.39. The van der Waals surface area contributed by atoms with Crippen LogP contribution in [0, 0.1) is 0 Å². The summed E-state index contributed by atoms with van der Waals surface area (Å²) < 4.78 is 0. The Bertz CT molecular complexity index is 409. The molecule has 16 heavy (non-hydrogen) atoms. The van der Waals surface area contributed by atoms with Crippen LogP contribution in [0.1, 0.15) is 0 Å². The molecular weight excluding hydrogens is 204 g/mol. The smallest absolute Gasteiger partial charge is 0.335 e. The van der Waals surface area contributed by atoms with Crippen LogP contribution in [-0.2, 0) is 4.79 Å². The monoisotopic (exact) mass is 218 g/mol. The molecule has 0 saturated carbocycles. The lowest BCUT2D eigenvalue weighted by Crippen LogP contribution is -1.95. The molecule has 0 amide bonds. The number of hydrogen-bond acceptors (Lipinski definition) is 2. The molecule has 0 aromatic rings. The lowest BCUT2D eigenvalue weighted by Gasteiger charge is -1.98. The number of aliphatic hydroxyl groups is 1. The zero-order valence-corrected chi connectivity index (χ0v) is 8.94. The third kappa shape index (κ3) is 5.44. The largest absolute Gasteiger partial charge is 0.509 e. The Kier molecular flexibility index (Phi) is 5.35. The maximum absolute atomic E-state index is 10.4. The molecule has 0 aromatic heterocycles. The fourth-order valence-electron chi connectivity index (χ4n) is 0.683. The predicted octanol–water partition coefficient (Wildman–Crippen LogP) is 2.92. The van der Waals surface area contributed by atoms with Crippen LogP contribution in [0.5, 0.6) is 0 Å². The lowest BCUT2D eigenvalue weighted by molar-refractivity contribution is -0.132. The molecule has 3 heteroatoms. The molecule has 0 bridgehead atoms. The summed E-state index contributed by atoms with van der Waals surface area (Å²) in [4.78, 5) is 10.4. The number of aliphatic carboxylic acids is 1. The highest BCUT2D eigenvalue weighted by Gasteiger charge is 1.98. The minimum absolute atomic E-state index is 0.0375. The van der Waals surface area contributed by atoms with Gasteiger partial charge in [0.05, 0.1) is 5.57 Å². The molecule has 0 saturated heterocycles. The highest BCUT2D eigenvalue weighted by molar-refractivity contribution is 5.89. The summed E-state index contributed by atoms with van der Waals surface area (Å²) in [6.45, 7) is 14.0. The van der Waals surface area contributed by atoms with Gasteiger partial charge in [0.25, 0.3) is 0 Å². The van der Waals surface area contributed by atoms with E-state index in [2.05, 4.69) is 26.3 Å². The fraction of sp³-hybridized carbons (Fsp3) is 0. The van der Waals surface area contributed by atoms with Crippen molar-refractivity contribution in [3.8, 4) is 0 Å². The molecule has 2 N–H and O–H groups in total. The summed E-state index contributed by atoms with van der Waals surface area (Å²) in [7, 11) is 0. The summed E-state index contributed by atoms with van der Waals surface area (Å²) in [5, 5.41) is 17.4. The van der Waals surface area contributed by atoms with Gasteiger partial charge >= 0.3 is 5.97 Å². The summed E-state index contributed by atoms with van der Waals surface area (Å²) in [6.07, 6.45) is 5.71. The van der Waals surface area contributed by atoms with E-state index in [1.165, 1.54) is 24.3 Å². The Morgan fingerprint density at radius 2 is 1.12 bits per heavy atom. The first kappa shape index (κ1) is 13.7. The highest BCUT2D eigenvalue weighted by Crippen LogP contribution is 2.10. The van der Waals surface area contributed by atoms with Gasteiger partial charge in [0.2, 0.25) is 0 Å². The van der Waals surface area contributed by atoms with Crippen LogP contribution < -0.4 is 0 Å². The summed E-state index contributed by atoms with van der Waals surface area (Å²) in [5.41, 5.74) is 1.04. The van der Waals surface area contributed by atoms with Crippen molar-refractivity contribution in [1.82, 2.24) is 0 Å². The molecule has 0 aliphatic heterocycles. The second kappa shape index (κ2) is 6.24. The summed E-state index contributed by atoms with van der Waals surface area (Å²) >= 11 is 0. The maximum Gasteiger partial charge on any atom is 0.335 e. The number of rotatable bonds is 6. The van der Waals surface area contributed by atoms with E-state index in [1.54, 1.807) is 0 Å². The van der Waals surface area contributed by atoms with Gasteiger partial charge in [-0.15, -0.1) is 0 Å². The van der Waals surface area contributed by atoms with Gasteiger partial charge in [0.15, 0.2) is 0 Å². The molecular formula is C13H14O3. The van der Waals surface area contributed by atoms with Gasteiger partial charge in [-0.2, -0.15) is 0 Å². The maximum atomic E-state index is 10.4. The molecule has 0 radical (unpaired) electrons. The van der Waals surface area contributed by atoms with Gasteiger partial charge < -0.3 is 10.2 Å². The summed E-state index contributed by atoms with van der Waals surface area (Å²) in [5.74, 6) is -1.18. The zero-order valence-electron chi connectivity index (χ0n) is 8.94. The minimum atomic E-state index is -1.09. The molecule has 0 spiro atoms. The second-order valence-corrected chi connectivity index (χ2v) is 3.04. The van der Waals surface area contributed by atoms with Crippen LogP contribution in [0.4, 0.5) is 0 Å². The number of aliphatic hydroxyl groups excluding tert-OH is 1. The lowest BCUT2D eigenvalue weighted by atomic mass is 10.1. The number of carbonyl (C=O) groups is 1. The van der Waals surface area contributed by atoms with Crippen molar-refractivity contribution in [3.63, 3.8) is 0 Å². The van der Waals surface area contributed by atoms with Crippen LogP contribution >= 0.6 is 0 Å². The third-order valence-corrected chi connectivity index (χ3v) is 1.65. The van der Waals surface area contributed by atoms with Crippen LogP contribution in [0.25, 0.3) is 0 Å². The van der Waals surface area contributed by atoms with E-state index >= 15 is 0 Å². The fourth-order valence-corrected chi connectivity index (χ4v) is 0.683. The van der Waals surface area contributed by atoms with Gasteiger partial charge in [0.1, 0.15) is 5.76 Å². The third-order valence-electron chi connectivity index (χ3n) is 1.65. The number of carboxylic acid groups (broad SMARTS) is 1. The molecule has 0 aliphatic rings. The van der Waals surface area contributed by atoms with Gasteiger partial charge in [-0.3, -0.25) is 0 Å². The van der Waals surface area contributed by atoms with Crippen molar-refractivity contribution in [3.05, 3.63) is 73.1 Å². The quantitative estimate of drug-likeness (QED) is 0.409. The summed E-state index contributed by atoms with van der Waals surface area (Å²) in [6, 6.07) is 0. The SMILES string of the molecule is C=C(O)/C=C\C(=C)C(=C)/C=C\C(=C)C(=O)O. The molecule has 0 unspecified atom stereocenters. The Balaban J connectivity index is 4.49. The number of hydrogen-bond donors (Lipinski definition) is 2. The molecule has 0 rings (SSSR count). The van der Waals surface area contributed by atoms with E-state index < -0.39 is 5.97 Å². The van der Waals surface area contributed by atoms with Crippen LogP contribution in [-0.4, -0.2) is 16.2 Å². The van der Waals surface area contributed by atoms with Crippen LogP contribution in [0.15, 0.2) is 73.1 Å². The van der Waals surface area contributed by atoms with Gasteiger partial charge in [-0.25, -0.2) is 4.79 Å². The Morgan fingerprint density at radius 3 is 1.50 bits per heavy atom. The van der Waals surface area contributed by atoms with Crippen LogP contribution in [0.3, 0.4) is 0 Å². The van der Waals surface area contributed by atoms with Gasteiger partial charge in [-0.1, -0.05) is 38.5 Å². The van der Waals surface area contributed by atoms with E-state index in [0.29, 0.717) is 11.1 Å². The Labute approximate surface area is 94.7 Å². The van der Waals surface area contributed by atoms with E-state index in [-0.39, 0.29) is 11.3 Å². The highest BCUT2D eigenvalue weighted by atomic mass is 16.4. The van der Waals surface area contributed by atoms with Crippen molar-refractivity contribution in [1.29, 1.82) is 0 Å². The van der Waals surface area contributed by atoms with E-state index in [1.807, 2.05) is 0 Å². The molecule has 0 fully saturated rings. The normalized spacial score (nSPS) is 10.5. The minimum Gasteiger partial charge on any atom is -0.509 e. The molecule has 3 nitrogen and oxygen atoms in total. The average Bonchev–Trinajstić information content (AvgIpc) is 2.21. The number of allylic oxidation sites excluding steroid dienone is 5. The molecule has 0 heterocycles. The van der Waals surface area contributed by atoms with Crippen molar-refractivity contribution < 1.29 is 15.0 Å². The molecule has 84 valence electrons. The molecule has 0 aromatic carbocycles. The van der Waals surface area contributed by atoms with E-state index in [9.17, 15) is 4.79 Å². The van der Waals surface area contributed by atoms with Crippen LogP contribution in [0.2, 0.25) is 0 Å². The molecule has 0 atom stereocenters.